The number of benzene rings is 1. The van der Waals surface area contributed by atoms with E-state index in [9.17, 15) is 0 Å². The van der Waals surface area contributed by atoms with Crippen molar-refractivity contribution in [3.05, 3.63) is 41.0 Å². The standard InChI is InChI=1S/C12H13ClN2O2/c1-2-4-11-14-12(17-15-11)8-16-10-6-3-5-9(13)7-10/h3,5-7H,2,4,8H2,1H3. The van der Waals surface area contributed by atoms with E-state index in [0.717, 1.165) is 18.7 Å². The molecule has 5 heteroatoms. The molecule has 0 saturated heterocycles. The first-order chi connectivity index (χ1) is 8.28. The number of hydrogen-bond donors (Lipinski definition) is 0. The minimum absolute atomic E-state index is 0.261. The Bertz CT molecular complexity index is 485. The summed E-state index contributed by atoms with van der Waals surface area (Å²) in [6.45, 7) is 2.33. The van der Waals surface area contributed by atoms with Gasteiger partial charge in [0.05, 0.1) is 0 Å². The molecule has 0 aliphatic heterocycles. The van der Waals surface area contributed by atoms with Crippen molar-refractivity contribution < 1.29 is 9.26 Å². The monoisotopic (exact) mass is 252 g/mol. The summed E-state index contributed by atoms with van der Waals surface area (Å²) in [5.41, 5.74) is 0. The molecule has 2 aromatic rings. The highest BCUT2D eigenvalue weighted by Gasteiger charge is 2.06. The summed E-state index contributed by atoms with van der Waals surface area (Å²) < 4.78 is 10.5. The van der Waals surface area contributed by atoms with E-state index in [1.165, 1.54) is 0 Å². The molecule has 0 bridgehead atoms. The van der Waals surface area contributed by atoms with Crippen molar-refractivity contribution in [1.29, 1.82) is 0 Å². The van der Waals surface area contributed by atoms with Crippen molar-refractivity contribution in [3.8, 4) is 5.75 Å². The number of hydrogen-bond acceptors (Lipinski definition) is 4. The molecule has 1 aromatic carbocycles. The Labute approximate surface area is 105 Å². The fourth-order valence-electron chi connectivity index (χ4n) is 1.38. The normalized spacial score (nSPS) is 10.5. The fourth-order valence-corrected chi connectivity index (χ4v) is 1.56. The Morgan fingerprint density at radius 3 is 3.06 bits per heavy atom. The van der Waals surface area contributed by atoms with Crippen LogP contribution in [0.25, 0.3) is 0 Å². The van der Waals surface area contributed by atoms with Gasteiger partial charge >= 0.3 is 0 Å². The SMILES string of the molecule is CCCc1noc(COc2cccc(Cl)c2)n1. The molecular formula is C12H13ClN2O2. The summed E-state index contributed by atoms with van der Waals surface area (Å²) >= 11 is 5.84. The summed E-state index contributed by atoms with van der Waals surface area (Å²) in [5.74, 6) is 1.89. The van der Waals surface area contributed by atoms with Crippen molar-refractivity contribution in [3.63, 3.8) is 0 Å². The Balaban J connectivity index is 1.93. The lowest BCUT2D eigenvalue weighted by molar-refractivity contribution is 0.242. The van der Waals surface area contributed by atoms with Crippen LogP contribution in [0, 0.1) is 0 Å². The molecule has 1 aromatic heterocycles. The summed E-state index contributed by atoms with van der Waals surface area (Å²) in [4.78, 5) is 4.20. The highest BCUT2D eigenvalue weighted by molar-refractivity contribution is 6.30. The van der Waals surface area contributed by atoms with Crippen LogP contribution < -0.4 is 4.74 Å². The minimum Gasteiger partial charge on any atom is -0.484 e. The number of ether oxygens (including phenoxy) is 1. The van der Waals surface area contributed by atoms with Gasteiger partial charge in [0.15, 0.2) is 12.4 Å². The van der Waals surface area contributed by atoms with E-state index in [1.54, 1.807) is 12.1 Å². The maximum absolute atomic E-state index is 5.84. The molecule has 0 N–H and O–H groups in total. The van der Waals surface area contributed by atoms with E-state index >= 15 is 0 Å². The van der Waals surface area contributed by atoms with Gasteiger partial charge in [-0.25, -0.2) is 0 Å². The van der Waals surface area contributed by atoms with Crippen LogP contribution in [0.2, 0.25) is 5.02 Å². The molecule has 0 spiro atoms. The number of halogens is 1. The van der Waals surface area contributed by atoms with Crippen LogP contribution in [0.5, 0.6) is 5.75 Å². The molecule has 0 amide bonds. The molecule has 1 heterocycles. The van der Waals surface area contributed by atoms with E-state index in [4.69, 9.17) is 20.9 Å². The highest BCUT2D eigenvalue weighted by atomic mass is 35.5. The van der Waals surface area contributed by atoms with Crippen molar-refractivity contribution >= 4 is 11.6 Å². The van der Waals surface area contributed by atoms with E-state index in [2.05, 4.69) is 17.1 Å². The van der Waals surface area contributed by atoms with Gasteiger partial charge in [-0.1, -0.05) is 29.7 Å². The first-order valence-corrected chi connectivity index (χ1v) is 5.85. The Hall–Kier alpha value is -1.55. The van der Waals surface area contributed by atoms with Gasteiger partial charge in [-0.15, -0.1) is 0 Å². The predicted molar refractivity (Wildman–Crippen MR) is 64.1 cm³/mol. The van der Waals surface area contributed by atoms with E-state index in [0.29, 0.717) is 16.7 Å². The largest absolute Gasteiger partial charge is 0.484 e. The summed E-state index contributed by atoms with van der Waals surface area (Å²) in [6, 6.07) is 7.19. The third kappa shape index (κ3) is 3.46. The van der Waals surface area contributed by atoms with Crippen molar-refractivity contribution in [2.24, 2.45) is 0 Å². The molecule has 0 aliphatic carbocycles. The second-order valence-corrected chi connectivity index (χ2v) is 4.04. The predicted octanol–water partition coefficient (Wildman–Crippen LogP) is 3.25. The average molecular weight is 253 g/mol. The van der Waals surface area contributed by atoms with Gasteiger partial charge in [0.1, 0.15) is 5.75 Å². The zero-order valence-corrected chi connectivity index (χ0v) is 10.3. The van der Waals surface area contributed by atoms with Crippen molar-refractivity contribution in [2.45, 2.75) is 26.4 Å². The van der Waals surface area contributed by atoms with E-state index in [-0.39, 0.29) is 6.61 Å². The maximum atomic E-state index is 5.84. The summed E-state index contributed by atoms with van der Waals surface area (Å²) in [7, 11) is 0. The third-order valence-electron chi connectivity index (χ3n) is 2.14. The molecule has 0 fully saturated rings. The second kappa shape index (κ2) is 5.68. The number of aromatic nitrogens is 2. The molecule has 90 valence electrons. The van der Waals surface area contributed by atoms with Gasteiger partial charge in [-0.05, 0) is 24.6 Å². The van der Waals surface area contributed by atoms with E-state index < -0.39 is 0 Å². The van der Waals surface area contributed by atoms with Crippen molar-refractivity contribution in [1.82, 2.24) is 10.1 Å². The van der Waals surface area contributed by atoms with Crippen molar-refractivity contribution in [2.75, 3.05) is 0 Å². The molecular weight excluding hydrogens is 240 g/mol. The minimum atomic E-state index is 0.261. The lowest BCUT2D eigenvalue weighted by Crippen LogP contribution is -1.96. The highest BCUT2D eigenvalue weighted by Crippen LogP contribution is 2.18. The molecule has 0 aliphatic rings. The Morgan fingerprint density at radius 1 is 1.41 bits per heavy atom. The van der Waals surface area contributed by atoms with Crippen LogP contribution in [-0.2, 0) is 13.0 Å². The zero-order chi connectivity index (χ0) is 12.1. The second-order valence-electron chi connectivity index (χ2n) is 3.60. The Kier molecular flexibility index (Phi) is 3.98. The van der Waals surface area contributed by atoms with Crippen LogP contribution in [0.4, 0.5) is 0 Å². The topological polar surface area (TPSA) is 48.2 Å². The molecule has 0 radical (unpaired) electrons. The van der Waals surface area contributed by atoms with Gasteiger partial charge in [0, 0.05) is 11.4 Å². The van der Waals surface area contributed by atoms with Crippen LogP contribution in [0.15, 0.2) is 28.8 Å². The van der Waals surface area contributed by atoms with Crippen LogP contribution in [0.1, 0.15) is 25.1 Å². The summed E-state index contributed by atoms with van der Waals surface area (Å²) in [6.07, 6.45) is 1.81. The van der Waals surface area contributed by atoms with Gasteiger partial charge < -0.3 is 9.26 Å². The molecule has 0 unspecified atom stereocenters. The van der Waals surface area contributed by atoms with Gasteiger partial charge in [0.2, 0.25) is 0 Å². The number of aryl methyl sites for hydroxylation is 1. The number of nitrogens with zero attached hydrogens (tertiary/aromatic N) is 2. The van der Waals surface area contributed by atoms with Gasteiger partial charge in [-0.3, -0.25) is 0 Å². The molecule has 0 atom stereocenters. The van der Waals surface area contributed by atoms with Gasteiger partial charge in [-0.2, -0.15) is 4.98 Å². The van der Waals surface area contributed by atoms with Crippen LogP contribution >= 0.6 is 11.6 Å². The Morgan fingerprint density at radius 2 is 2.29 bits per heavy atom. The first kappa shape index (κ1) is 11.9. The number of rotatable bonds is 5. The molecule has 4 nitrogen and oxygen atoms in total. The van der Waals surface area contributed by atoms with E-state index in [1.807, 2.05) is 12.1 Å². The maximum Gasteiger partial charge on any atom is 0.264 e. The molecule has 17 heavy (non-hydrogen) atoms. The smallest absolute Gasteiger partial charge is 0.264 e. The van der Waals surface area contributed by atoms with Crippen LogP contribution in [-0.4, -0.2) is 10.1 Å². The quantitative estimate of drug-likeness (QED) is 0.820. The summed E-state index contributed by atoms with van der Waals surface area (Å²) in [5, 5.41) is 4.48. The third-order valence-corrected chi connectivity index (χ3v) is 2.38. The lowest BCUT2D eigenvalue weighted by Gasteiger charge is -2.02. The fraction of sp³-hybridized carbons (Fsp3) is 0.333. The average Bonchev–Trinajstić information content (AvgIpc) is 2.75. The lowest BCUT2D eigenvalue weighted by atomic mass is 10.3. The molecule has 2 rings (SSSR count). The molecule has 0 saturated carbocycles. The van der Waals surface area contributed by atoms with Gasteiger partial charge in [0.25, 0.3) is 5.89 Å². The first-order valence-electron chi connectivity index (χ1n) is 5.47. The van der Waals surface area contributed by atoms with Crippen LogP contribution in [0.3, 0.4) is 0 Å². The zero-order valence-electron chi connectivity index (χ0n) is 9.52.